The molecule has 56 heavy (non-hydrogen) atoms. The fourth-order valence-electron chi connectivity index (χ4n) is 7.13. The second-order valence-corrected chi connectivity index (χ2v) is 16.9. The molecule has 18 heteroatoms. The molecule has 1 amide bonds. The maximum absolute atomic E-state index is 14.1. The van der Waals surface area contributed by atoms with Gasteiger partial charge in [-0.2, -0.15) is 5.26 Å². The number of halogens is 3. The molecule has 0 spiro atoms. The lowest BCUT2D eigenvalue weighted by Gasteiger charge is -2.51. The number of alkyl halides is 2. The number of pyridine rings is 2. The summed E-state index contributed by atoms with van der Waals surface area (Å²) in [6, 6.07) is 8.96. The number of aryl methyl sites for hydroxylation is 1. The summed E-state index contributed by atoms with van der Waals surface area (Å²) in [6.45, 7) is 3.90. The number of piperidine rings is 1. The monoisotopic (exact) mass is 820 g/mol. The highest BCUT2D eigenvalue weighted by atomic mass is 35.5. The molecule has 4 aromatic heterocycles. The normalized spacial score (nSPS) is 16.0. The number of sulfonamides is 1. The predicted octanol–water partition coefficient (Wildman–Crippen LogP) is 4.97. The van der Waals surface area contributed by atoms with E-state index in [0.717, 1.165) is 0 Å². The lowest BCUT2D eigenvalue weighted by molar-refractivity contribution is -0.206. The van der Waals surface area contributed by atoms with E-state index in [0.29, 0.717) is 69.5 Å². The molecule has 2 aliphatic heterocycles. The number of aromatic nitrogens is 4. The van der Waals surface area contributed by atoms with Crippen molar-refractivity contribution in [2.24, 2.45) is 0 Å². The molecule has 2 aliphatic rings. The van der Waals surface area contributed by atoms with Gasteiger partial charge in [0.05, 0.1) is 58.4 Å². The van der Waals surface area contributed by atoms with Crippen LogP contribution in [-0.2, 0) is 21.3 Å². The van der Waals surface area contributed by atoms with Gasteiger partial charge in [0.25, 0.3) is 17.9 Å². The van der Waals surface area contributed by atoms with Gasteiger partial charge in [-0.05, 0) is 51.0 Å². The molecule has 0 unspecified atom stereocenters. The van der Waals surface area contributed by atoms with Crippen LogP contribution in [0.3, 0.4) is 0 Å². The number of anilines is 1. The number of nitrogens with one attached hydrogen (secondary N) is 1. The molecule has 1 N–H and O–H groups in total. The number of likely N-dealkylation sites (tertiary alicyclic amines) is 1. The zero-order valence-corrected chi connectivity index (χ0v) is 32.9. The van der Waals surface area contributed by atoms with Gasteiger partial charge in [-0.25, -0.2) is 31.9 Å². The number of nitrogens with zero attached hydrogens (tertiary/aromatic N) is 7. The van der Waals surface area contributed by atoms with Crippen molar-refractivity contribution in [2.75, 3.05) is 44.0 Å². The summed E-state index contributed by atoms with van der Waals surface area (Å²) in [5, 5.41) is 12.4. The fraction of sp³-hybridized carbons (Fsp3) is 0.368. The molecule has 7 rings (SSSR count). The maximum atomic E-state index is 14.1. The van der Waals surface area contributed by atoms with Crippen molar-refractivity contribution in [1.29, 1.82) is 5.26 Å². The third-order valence-corrected chi connectivity index (χ3v) is 12.9. The second kappa shape index (κ2) is 15.5. The van der Waals surface area contributed by atoms with Gasteiger partial charge in [0, 0.05) is 59.5 Å². The van der Waals surface area contributed by atoms with Crippen molar-refractivity contribution in [3.05, 3.63) is 79.9 Å². The fourth-order valence-corrected chi connectivity index (χ4v) is 8.88. The Morgan fingerprint density at radius 3 is 2.62 bits per heavy atom. The van der Waals surface area contributed by atoms with Gasteiger partial charge in [-0.3, -0.25) is 24.0 Å². The number of rotatable bonds is 9. The van der Waals surface area contributed by atoms with Crippen LogP contribution in [0.25, 0.3) is 32.2 Å². The lowest BCUT2D eigenvalue weighted by Crippen LogP contribution is -2.68. The number of carbonyl (C=O) groups is 1. The molecular weight excluding hydrogens is 786 g/mol. The van der Waals surface area contributed by atoms with Crippen LogP contribution in [0.5, 0.6) is 0 Å². The number of thiophene rings is 1. The molecule has 1 aromatic carbocycles. The Kier molecular flexibility index (Phi) is 10.8. The van der Waals surface area contributed by atoms with E-state index in [4.69, 9.17) is 16.3 Å². The first-order chi connectivity index (χ1) is 26.8. The third-order valence-electron chi connectivity index (χ3n) is 10.4. The molecule has 0 bridgehead atoms. The van der Waals surface area contributed by atoms with Crippen molar-refractivity contribution < 1.29 is 26.7 Å². The Morgan fingerprint density at radius 2 is 1.96 bits per heavy atom. The third kappa shape index (κ3) is 7.10. The minimum atomic E-state index is -3.79. The molecule has 13 nitrogen and oxygen atoms in total. The second-order valence-electron chi connectivity index (χ2n) is 13.6. The van der Waals surface area contributed by atoms with Crippen LogP contribution in [0.2, 0.25) is 5.02 Å². The Hall–Kier alpha value is -5.04. The van der Waals surface area contributed by atoms with Crippen LogP contribution >= 0.6 is 22.9 Å². The van der Waals surface area contributed by atoms with E-state index in [1.807, 2.05) is 4.90 Å². The highest BCUT2D eigenvalue weighted by molar-refractivity contribution is 7.90. The van der Waals surface area contributed by atoms with E-state index < -0.39 is 33.5 Å². The summed E-state index contributed by atoms with van der Waals surface area (Å²) < 4.78 is 61.2. The van der Waals surface area contributed by atoms with Gasteiger partial charge in [0.15, 0.2) is 0 Å². The van der Waals surface area contributed by atoms with Gasteiger partial charge in [0.2, 0.25) is 10.0 Å². The number of fused-ring (bicyclic) bond motifs is 2. The topological polar surface area (TPSA) is 163 Å². The van der Waals surface area contributed by atoms with Gasteiger partial charge >= 0.3 is 0 Å². The largest absolute Gasteiger partial charge is 0.377 e. The number of carbonyl (C=O) groups excluding carboxylic acids is 1. The minimum absolute atomic E-state index is 0.00185. The van der Waals surface area contributed by atoms with E-state index in [9.17, 15) is 32.0 Å². The summed E-state index contributed by atoms with van der Waals surface area (Å²) in [7, 11) is -2.00. The van der Waals surface area contributed by atoms with Gasteiger partial charge in [-0.15, -0.1) is 11.3 Å². The minimum Gasteiger partial charge on any atom is -0.377 e. The number of amides is 1. The molecule has 6 heterocycles. The average Bonchev–Trinajstić information content (AvgIpc) is 3.60. The molecule has 0 radical (unpaired) electrons. The van der Waals surface area contributed by atoms with E-state index in [1.165, 1.54) is 35.2 Å². The van der Waals surface area contributed by atoms with Crippen molar-refractivity contribution in [2.45, 2.75) is 51.2 Å². The van der Waals surface area contributed by atoms with E-state index in [1.54, 1.807) is 48.5 Å². The van der Waals surface area contributed by atoms with Gasteiger partial charge < -0.3 is 9.64 Å². The molecule has 5 aromatic rings. The van der Waals surface area contributed by atoms with Gasteiger partial charge in [-0.1, -0.05) is 23.4 Å². The number of hydrogen-bond acceptors (Lipinski definition) is 12. The quantitative estimate of drug-likeness (QED) is 0.200. The first-order valence-electron chi connectivity index (χ1n) is 17.6. The van der Waals surface area contributed by atoms with Crippen molar-refractivity contribution in [1.82, 2.24) is 29.1 Å². The molecule has 2 fully saturated rings. The van der Waals surface area contributed by atoms with Crippen LogP contribution in [0.1, 0.15) is 47.1 Å². The first-order valence-corrected chi connectivity index (χ1v) is 20.5. The summed E-state index contributed by atoms with van der Waals surface area (Å²) in [5.74, 6) is 5.85. The smallest absolute Gasteiger partial charge is 0.267 e. The van der Waals surface area contributed by atoms with Crippen molar-refractivity contribution in [3.63, 3.8) is 0 Å². The Bertz CT molecular complexity index is 2660. The maximum Gasteiger partial charge on any atom is 0.267 e. The Morgan fingerprint density at radius 1 is 1.21 bits per heavy atom. The van der Waals surface area contributed by atoms with Crippen molar-refractivity contribution >= 4 is 65.8 Å². The SMILES string of the molecule is CCS(=O)(=O)NC(=O)c1csc2c(-c3cc(Cl)ccc3C#CCn3c(C)nc4cnc(N(C)C5CCN(C6(C(F)F)COC6)CC5)c(C#N)c4c3=O)ccnc12. The van der Waals surface area contributed by atoms with Crippen LogP contribution in [0.15, 0.2) is 46.8 Å². The molecule has 290 valence electrons. The molecule has 0 atom stereocenters. The van der Waals surface area contributed by atoms with E-state index >= 15 is 0 Å². The lowest BCUT2D eigenvalue weighted by atomic mass is 9.91. The number of ether oxygens (including phenoxy) is 1. The van der Waals surface area contributed by atoms with Crippen LogP contribution in [0.4, 0.5) is 14.6 Å². The number of benzene rings is 1. The molecular formula is C38H35ClF2N8O5S2. The number of nitriles is 1. The Balaban J connectivity index is 1.18. The zero-order chi connectivity index (χ0) is 39.9. The molecule has 0 aliphatic carbocycles. The molecule has 0 saturated carbocycles. The highest BCUT2D eigenvalue weighted by Crippen LogP contribution is 2.38. The summed E-state index contributed by atoms with van der Waals surface area (Å²) in [6.07, 6.45) is 1.59. The van der Waals surface area contributed by atoms with E-state index in [2.05, 4.69) is 37.6 Å². The molecule has 2 saturated heterocycles. The van der Waals surface area contributed by atoms with Crippen LogP contribution in [-0.4, -0.2) is 95.9 Å². The van der Waals surface area contributed by atoms with Crippen LogP contribution < -0.4 is 15.2 Å². The predicted molar refractivity (Wildman–Crippen MR) is 210 cm³/mol. The summed E-state index contributed by atoms with van der Waals surface area (Å²) in [5.41, 5.74) is 0.929. The summed E-state index contributed by atoms with van der Waals surface area (Å²) >= 11 is 7.66. The standard InChI is InChI=1S/C38H35ClF2N8O5S2/c1-4-56(52,53)46-35(50)29-19-55-33-26(9-12-43-32(29)33)27-16-24(39)8-7-23(27)6-5-13-49-22(2)45-30-18-44-34(28(17-42)31(30)36(49)51)47(3)25-10-14-48(15-11-25)38(37(40)41)20-54-21-38/h7-9,12,16,18-19,25,37H,4,10-11,13-15,20-21H2,1-3H3,(H,46,50). The number of hydrogen-bond donors (Lipinski definition) is 1. The highest BCUT2D eigenvalue weighted by Gasteiger charge is 2.52. The first kappa shape index (κ1) is 39.2. The zero-order valence-electron chi connectivity index (χ0n) is 30.5. The average molecular weight is 821 g/mol. The van der Waals surface area contributed by atoms with Crippen molar-refractivity contribution in [3.8, 4) is 29.0 Å². The van der Waals surface area contributed by atoms with Crippen LogP contribution in [0, 0.1) is 30.1 Å². The Labute approximate surface area is 329 Å². The van der Waals surface area contributed by atoms with E-state index in [-0.39, 0.29) is 53.6 Å². The summed E-state index contributed by atoms with van der Waals surface area (Å²) in [4.78, 5) is 44.1. The van der Waals surface area contributed by atoms with Gasteiger partial charge in [0.1, 0.15) is 28.8 Å².